The highest BCUT2D eigenvalue weighted by molar-refractivity contribution is 7.98. The van der Waals surface area contributed by atoms with E-state index in [1.165, 1.54) is 18.0 Å². The van der Waals surface area contributed by atoms with E-state index in [2.05, 4.69) is 21.0 Å². The summed E-state index contributed by atoms with van der Waals surface area (Å²) in [6, 6.07) is 5.53. The minimum Gasteiger partial charge on any atom is -0.298 e. The number of carbonyl (C=O) groups is 1. The van der Waals surface area contributed by atoms with Crippen molar-refractivity contribution in [2.75, 3.05) is 6.26 Å². The molecule has 0 fully saturated rings. The van der Waals surface area contributed by atoms with E-state index in [1.54, 1.807) is 28.9 Å². The lowest BCUT2D eigenvalue weighted by Gasteiger charge is -2.05. The number of nitriles is 1. The van der Waals surface area contributed by atoms with Gasteiger partial charge in [-0.1, -0.05) is 11.8 Å². The Bertz CT molecular complexity index is 881. The fourth-order valence-electron chi connectivity index (χ4n) is 2.04. The number of aldehydes is 1. The van der Waals surface area contributed by atoms with E-state index in [1.807, 2.05) is 6.26 Å². The Hall–Kier alpha value is -2.72. The molecule has 3 aromatic heterocycles. The summed E-state index contributed by atoms with van der Waals surface area (Å²) in [7, 11) is 0. The Morgan fingerprint density at radius 2 is 2.24 bits per heavy atom. The molecule has 0 unspecified atom stereocenters. The van der Waals surface area contributed by atoms with Gasteiger partial charge in [-0.05, 0) is 18.4 Å². The Kier molecular flexibility index (Phi) is 3.38. The molecule has 102 valence electrons. The van der Waals surface area contributed by atoms with Crippen LogP contribution in [0.25, 0.3) is 17.0 Å². The van der Waals surface area contributed by atoms with E-state index in [4.69, 9.17) is 0 Å². The molecule has 0 N–H and O–H groups in total. The molecule has 0 aromatic carbocycles. The summed E-state index contributed by atoms with van der Waals surface area (Å²) in [5.74, 6) is 0. The lowest BCUT2D eigenvalue weighted by Crippen LogP contribution is -1.98. The van der Waals surface area contributed by atoms with Crippen LogP contribution in [-0.2, 0) is 0 Å². The average Bonchev–Trinajstić information content (AvgIpc) is 2.98. The van der Waals surface area contributed by atoms with E-state index >= 15 is 0 Å². The SMILES string of the molecule is CSc1ncc(C#N)c(-c2cnc3c(C=O)cccn23)n1. The van der Waals surface area contributed by atoms with Crippen LogP contribution in [0, 0.1) is 11.3 Å². The number of hydrogen-bond donors (Lipinski definition) is 0. The van der Waals surface area contributed by atoms with E-state index in [-0.39, 0.29) is 0 Å². The summed E-state index contributed by atoms with van der Waals surface area (Å²) < 4.78 is 1.75. The zero-order valence-corrected chi connectivity index (χ0v) is 11.8. The van der Waals surface area contributed by atoms with Crippen molar-refractivity contribution >= 4 is 23.7 Å². The van der Waals surface area contributed by atoms with Crippen molar-refractivity contribution in [2.45, 2.75) is 5.16 Å². The fraction of sp³-hybridized carbons (Fsp3) is 0.0714. The molecule has 0 aliphatic carbocycles. The molecule has 0 saturated carbocycles. The van der Waals surface area contributed by atoms with Crippen LogP contribution in [0.4, 0.5) is 0 Å². The van der Waals surface area contributed by atoms with Crippen molar-refractivity contribution in [1.82, 2.24) is 19.4 Å². The molecule has 3 heterocycles. The minimum absolute atomic E-state index is 0.367. The quantitative estimate of drug-likeness (QED) is 0.418. The average molecular weight is 295 g/mol. The molecule has 0 amide bonds. The van der Waals surface area contributed by atoms with Gasteiger partial charge < -0.3 is 0 Å². The third kappa shape index (κ3) is 2.15. The molecular formula is C14H9N5OS. The monoisotopic (exact) mass is 295 g/mol. The fourth-order valence-corrected chi connectivity index (χ4v) is 2.38. The molecule has 0 bridgehead atoms. The minimum atomic E-state index is 0.367. The number of carbonyl (C=O) groups excluding carboxylic acids is 1. The number of imidazole rings is 1. The summed E-state index contributed by atoms with van der Waals surface area (Å²) in [6.45, 7) is 0. The number of nitrogens with zero attached hydrogens (tertiary/aromatic N) is 5. The highest BCUT2D eigenvalue weighted by Crippen LogP contribution is 2.24. The van der Waals surface area contributed by atoms with Crippen LogP contribution < -0.4 is 0 Å². The maximum Gasteiger partial charge on any atom is 0.187 e. The maximum atomic E-state index is 11.1. The summed E-state index contributed by atoms with van der Waals surface area (Å²) in [5, 5.41) is 9.81. The lowest BCUT2D eigenvalue weighted by atomic mass is 10.2. The summed E-state index contributed by atoms with van der Waals surface area (Å²) in [4.78, 5) is 23.8. The molecule has 0 aliphatic rings. The van der Waals surface area contributed by atoms with Crippen molar-refractivity contribution < 1.29 is 4.79 Å². The summed E-state index contributed by atoms with van der Waals surface area (Å²) in [5.41, 5.74) is 2.55. The first kappa shape index (κ1) is 13.3. The molecule has 0 radical (unpaired) electrons. The Balaban J connectivity index is 2.31. The number of aromatic nitrogens is 4. The highest BCUT2D eigenvalue weighted by Gasteiger charge is 2.15. The number of thioether (sulfide) groups is 1. The Morgan fingerprint density at radius 3 is 2.95 bits per heavy atom. The van der Waals surface area contributed by atoms with Gasteiger partial charge in [-0.2, -0.15) is 5.26 Å². The predicted molar refractivity (Wildman–Crippen MR) is 78.1 cm³/mol. The lowest BCUT2D eigenvalue weighted by molar-refractivity contribution is 0.112. The van der Waals surface area contributed by atoms with Gasteiger partial charge in [0.05, 0.1) is 23.0 Å². The molecule has 7 heteroatoms. The zero-order valence-electron chi connectivity index (χ0n) is 11.0. The van der Waals surface area contributed by atoms with Crippen LogP contribution in [0.1, 0.15) is 15.9 Å². The number of hydrogen-bond acceptors (Lipinski definition) is 6. The molecule has 0 spiro atoms. The first-order valence-corrected chi connectivity index (χ1v) is 7.23. The van der Waals surface area contributed by atoms with E-state index in [0.717, 1.165) is 6.29 Å². The van der Waals surface area contributed by atoms with Crippen molar-refractivity contribution in [3.8, 4) is 17.5 Å². The zero-order chi connectivity index (χ0) is 14.8. The molecule has 0 aliphatic heterocycles. The summed E-state index contributed by atoms with van der Waals surface area (Å²) >= 11 is 1.40. The highest BCUT2D eigenvalue weighted by atomic mass is 32.2. The third-order valence-electron chi connectivity index (χ3n) is 3.01. The maximum absolute atomic E-state index is 11.1. The largest absolute Gasteiger partial charge is 0.298 e. The molecule has 6 nitrogen and oxygen atoms in total. The van der Waals surface area contributed by atoms with Gasteiger partial charge in [0.25, 0.3) is 0 Å². The summed E-state index contributed by atoms with van der Waals surface area (Å²) in [6.07, 6.45) is 7.51. The first-order valence-electron chi connectivity index (χ1n) is 6.01. The number of pyridine rings is 1. The van der Waals surface area contributed by atoms with Gasteiger partial charge >= 0.3 is 0 Å². The van der Waals surface area contributed by atoms with Crippen LogP contribution in [0.5, 0.6) is 0 Å². The van der Waals surface area contributed by atoms with E-state index in [0.29, 0.717) is 33.3 Å². The van der Waals surface area contributed by atoms with E-state index < -0.39 is 0 Å². The van der Waals surface area contributed by atoms with Crippen LogP contribution in [0.15, 0.2) is 35.9 Å². The van der Waals surface area contributed by atoms with Crippen LogP contribution in [-0.4, -0.2) is 31.9 Å². The van der Waals surface area contributed by atoms with E-state index in [9.17, 15) is 10.1 Å². The number of rotatable bonds is 3. The molecule has 21 heavy (non-hydrogen) atoms. The first-order chi connectivity index (χ1) is 10.3. The molecule has 0 saturated heterocycles. The predicted octanol–water partition coefficient (Wildman–Crippen LogP) is 2.20. The normalized spacial score (nSPS) is 10.5. The second-order valence-electron chi connectivity index (χ2n) is 4.15. The standard InChI is InChI=1S/C14H9N5OS/c1-21-14-17-6-10(5-15)12(18-14)11-7-16-13-9(8-20)3-2-4-19(11)13/h2-4,6-8H,1H3. The van der Waals surface area contributed by atoms with Crippen molar-refractivity contribution in [2.24, 2.45) is 0 Å². The van der Waals surface area contributed by atoms with Gasteiger partial charge in [-0.15, -0.1) is 0 Å². The van der Waals surface area contributed by atoms with Gasteiger partial charge in [-0.25, -0.2) is 15.0 Å². The molecular weight excluding hydrogens is 286 g/mol. The van der Waals surface area contributed by atoms with Gasteiger partial charge in [0.2, 0.25) is 0 Å². The molecule has 3 rings (SSSR count). The van der Waals surface area contributed by atoms with Gasteiger partial charge in [0, 0.05) is 12.4 Å². The second-order valence-corrected chi connectivity index (χ2v) is 4.92. The molecule has 0 atom stereocenters. The number of fused-ring (bicyclic) bond motifs is 1. The van der Waals surface area contributed by atoms with Gasteiger partial charge in [0.1, 0.15) is 17.4 Å². The van der Waals surface area contributed by atoms with Crippen molar-refractivity contribution in [3.05, 3.63) is 41.9 Å². The van der Waals surface area contributed by atoms with Crippen molar-refractivity contribution in [3.63, 3.8) is 0 Å². The smallest absolute Gasteiger partial charge is 0.187 e. The van der Waals surface area contributed by atoms with Crippen LogP contribution in [0.3, 0.4) is 0 Å². The van der Waals surface area contributed by atoms with Crippen molar-refractivity contribution in [1.29, 1.82) is 5.26 Å². The Labute approximate surface area is 124 Å². The Morgan fingerprint density at radius 1 is 1.38 bits per heavy atom. The van der Waals surface area contributed by atoms with Crippen LogP contribution >= 0.6 is 11.8 Å². The third-order valence-corrected chi connectivity index (χ3v) is 3.57. The van der Waals surface area contributed by atoms with Gasteiger partial charge in [-0.3, -0.25) is 9.20 Å². The second kappa shape index (κ2) is 5.34. The van der Waals surface area contributed by atoms with Crippen LogP contribution in [0.2, 0.25) is 0 Å². The topological polar surface area (TPSA) is 83.9 Å². The molecule has 3 aromatic rings. The van der Waals surface area contributed by atoms with Gasteiger partial charge in [0.15, 0.2) is 11.4 Å².